The van der Waals surface area contributed by atoms with Crippen molar-refractivity contribution in [3.8, 4) is 6.07 Å². The topological polar surface area (TPSA) is 61.1 Å². The lowest BCUT2D eigenvalue weighted by Gasteiger charge is -2.02. The Labute approximate surface area is 86.4 Å². The zero-order valence-corrected chi connectivity index (χ0v) is 8.25. The average molecular weight is 207 g/mol. The van der Waals surface area contributed by atoms with Crippen molar-refractivity contribution in [3.63, 3.8) is 0 Å². The molecule has 0 heterocycles. The second-order valence-electron chi connectivity index (χ2n) is 2.56. The van der Waals surface area contributed by atoms with E-state index in [9.17, 15) is 4.79 Å². The monoisotopic (exact) mass is 207 g/mol. The van der Waals surface area contributed by atoms with Crippen molar-refractivity contribution in [3.05, 3.63) is 29.8 Å². The molecule has 0 unspecified atom stereocenters. The van der Waals surface area contributed by atoms with Crippen LogP contribution in [0.25, 0.3) is 0 Å². The molecule has 1 aromatic carbocycles. The van der Waals surface area contributed by atoms with Gasteiger partial charge in [0.25, 0.3) is 0 Å². The smallest absolute Gasteiger partial charge is 0.336 e. The summed E-state index contributed by atoms with van der Waals surface area (Å²) in [6.07, 6.45) is 0.429. The molecule has 0 aromatic heterocycles. The standard InChI is InChI=1S/C10H9NO2S/c11-6-3-7-14-9-5-2-1-4-8(9)10(12)13/h1-2,4-5H,3,7H2,(H,12,13). The average Bonchev–Trinajstić information content (AvgIpc) is 2.19. The van der Waals surface area contributed by atoms with Crippen LogP contribution in [0.5, 0.6) is 0 Å². The van der Waals surface area contributed by atoms with Gasteiger partial charge in [-0.2, -0.15) is 5.26 Å². The summed E-state index contributed by atoms with van der Waals surface area (Å²) in [5.74, 6) is -0.300. The minimum absolute atomic E-state index is 0.301. The molecule has 3 nitrogen and oxygen atoms in total. The molecule has 0 amide bonds. The summed E-state index contributed by atoms with van der Waals surface area (Å²) < 4.78 is 0. The van der Waals surface area contributed by atoms with E-state index < -0.39 is 5.97 Å². The quantitative estimate of drug-likeness (QED) is 0.608. The third-order valence-corrected chi connectivity index (χ3v) is 2.66. The van der Waals surface area contributed by atoms with E-state index >= 15 is 0 Å². The summed E-state index contributed by atoms with van der Waals surface area (Å²) in [7, 11) is 0. The van der Waals surface area contributed by atoms with E-state index in [-0.39, 0.29) is 0 Å². The van der Waals surface area contributed by atoms with Gasteiger partial charge in [0.15, 0.2) is 0 Å². The summed E-state index contributed by atoms with van der Waals surface area (Å²) in [4.78, 5) is 11.5. The molecular formula is C10H9NO2S. The largest absolute Gasteiger partial charge is 0.478 e. The van der Waals surface area contributed by atoms with E-state index in [0.29, 0.717) is 17.7 Å². The maximum atomic E-state index is 10.8. The van der Waals surface area contributed by atoms with Gasteiger partial charge >= 0.3 is 5.97 Å². The molecule has 0 aliphatic rings. The number of carboxylic acids is 1. The van der Waals surface area contributed by atoms with Gasteiger partial charge < -0.3 is 5.11 Å². The Bertz CT molecular complexity index is 371. The normalized spacial score (nSPS) is 9.36. The van der Waals surface area contributed by atoms with Crippen LogP contribution in [-0.4, -0.2) is 16.8 Å². The first-order valence-corrected chi connectivity index (χ1v) is 5.06. The molecule has 1 rings (SSSR count). The van der Waals surface area contributed by atoms with E-state index in [2.05, 4.69) is 0 Å². The highest BCUT2D eigenvalue weighted by atomic mass is 32.2. The number of carbonyl (C=O) groups is 1. The first-order valence-electron chi connectivity index (χ1n) is 4.08. The van der Waals surface area contributed by atoms with E-state index in [4.69, 9.17) is 10.4 Å². The number of hydrogen-bond donors (Lipinski definition) is 1. The van der Waals surface area contributed by atoms with Gasteiger partial charge in [-0.15, -0.1) is 11.8 Å². The van der Waals surface area contributed by atoms with Crippen LogP contribution in [0, 0.1) is 11.3 Å². The summed E-state index contributed by atoms with van der Waals surface area (Å²) in [5, 5.41) is 17.2. The van der Waals surface area contributed by atoms with Crippen LogP contribution in [0.4, 0.5) is 0 Å². The molecule has 1 aromatic rings. The van der Waals surface area contributed by atoms with Crippen LogP contribution in [0.2, 0.25) is 0 Å². The molecule has 0 radical (unpaired) electrons. The lowest BCUT2D eigenvalue weighted by molar-refractivity contribution is 0.0693. The summed E-state index contributed by atoms with van der Waals surface area (Å²) in [5.41, 5.74) is 0.301. The molecule has 72 valence electrons. The molecular weight excluding hydrogens is 198 g/mol. The predicted molar refractivity (Wildman–Crippen MR) is 54.4 cm³/mol. The molecule has 4 heteroatoms. The van der Waals surface area contributed by atoms with Crippen molar-refractivity contribution < 1.29 is 9.90 Å². The lowest BCUT2D eigenvalue weighted by atomic mass is 10.2. The van der Waals surface area contributed by atoms with Gasteiger partial charge in [0, 0.05) is 17.1 Å². The number of nitrogens with zero attached hydrogens (tertiary/aromatic N) is 1. The highest BCUT2D eigenvalue weighted by Gasteiger charge is 2.08. The molecule has 0 saturated heterocycles. The fraction of sp³-hybridized carbons (Fsp3) is 0.200. The van der Waals surface area contributed by atoms with Gasteiger partial charge in [-0.25, -0.2) is 4.79 Å². The van der Waals surface area contributed by atoms with Crippen molar-refractivity contribution in [1.82, 2.24) is 0 Å². The number of aromatic carboxylic acids is 1. The second kappa shape index (κ2) is 5.30. The van der Waals surface area contributed by atoms with Gasteiger partial charge in [0.2, 0.25) is 0 Å². The van der Waals surface area contributed by atoms with E-state index in [1.54, 1.807) is 24.3 Å². The number of nitriles is 1. The van der Waals surface area contributed by atoms with Gasteiger partial charge in [0.05, 0.1) is 11.6 Å². The Kier molecular flexibility index (Phi) is 4.02. The zero-order valence-electron chi connectivity index (χ0n) is 7.43. The van der Waals surface area contributed by atoms with Crippen LogP contribution < -0.4 is 0 Å². The Morgan fingerprint density at radius 2 is 2.21 bits per heavy atom. The fourth-order valence-corrected chi connectivity index (χ4v) is 1.87. The predicted octanol–water partition coefficient (Wildman–Crippen LogP) is 2.39. The Balaban J connectivity index is 2.75. The van der Waals surface area contributed by atoms with E-state index in [1.807, 2.05) is 6.07 Å². The zero-order chi connectivity index (χ0) is 10.4. The molecule has 0 aliphatic carbocycles. The van der Waals surface area contributed by atoms with Crippen molar-refractivity contribution in [2.75, 3.05) is 5.75 Å². The minimum atomic E-state index is -0.926. The van der Waals surface area contributed by atoms with Gasteiger partial charge in [0.1, 0.15) is 0 Å². The molecule has 0 spiro atoms. The molecule has 0 saturated carbocycles. The van der Waals surface area contributed by atoms with Crippen molar-refractivity contribution in [2.24, 2.45) is 0 Å². The van der Waals surface area contributed by atoms with Crippen molar-refractivity contribution in [2.45, 2.75) is 11.3 Å². The molecule has 0 fully saturated rings. The van der Waals surface area contributed by atoms with Crippen LogP contribution >= 0.6 is 11.8 Å². The molecule has 0 atom stereocenters. The first-order chi connectivity index (χ1) is 6.75. The molecule has 0 bridgehead atoms. The van der Waals surface area contributed by atoms with Gasteiger partial charge in [-0.05, 0) is 12.1 Å². The third-order valence-electron chi connectivity index (χ3n) is 1.59. The molecule has 0 aliphatic heterocycles. The Hall–Kier alpha value is -1.47. The van der Waals surface area contributed by atoms with Crippen LogP contribution in [0.1, 0.15) is 16.8 Å². The lowest BCUT2D eigenvalue weighted by Crippen LogP contribution is -1.98. The van der Waals surface area contributed by atoms with Crippen LogP contribution in [-0.2, 0) is 0 Å². The maximum Gasteiger partial charge on any atom is 0.336 e. The first kappa shape index (κ1) is 10.6. The minimum Gasteiger partial charge on any atom is -0.478 e. The highest BCUT2D eigenvalue weighted by Crippen LogP contribution is 2.22. The number of rotatable bonds is 4. The highest BCUT2D eigenvalue weighted by molar-refractivity contribution is 7.99. The number of thioether (sulfide) groups is 1. The second-order valence-corrected chi connectivity index (χ2v) is 3.69. The Morgan fingerprint density at radius 3 is 2.86 bits per heavy atom. The van der Waals surface area contributed by atoms with Crippen molar-refractivity contribution >= 4 is 17.7 Å². The van der Waals surface area contributed by atoms with Crippen molar-refractivity contribution in [1.29, 1.82) is 5.26 Å². The Morgan fingerprint density at radius 1 is 1.50 bits per heavy atom. The summed E-state index contributed by atoms with van der Waals surface area (Å²) in [6, 6.07) is 8.83. The molecule has 14 heavy (non-hydrogen) atoms. The van der Waals surface area contributed by atoms with Crippen LogP contribution in [0.15, 0.2) is 29.2 Å². The third kappa shape index (κ3) is 2.79. The number of benzene rings is 1. The maximum absolute atomic E-state index is 10.8. The van der Waals surface area contributed by atoms with E-state index in [1.165, 1.54) is 11.8 Å². The summed E-state index contributed by atoms with van der Waals surface area (Å²) in [6.45, 7) is 0. The van der Waals surface area contributed by atoms with Gasteiger partial charge in [-0.1, -0.05) is 12.1 Å². The fourth-order valence-electron chi connectivity index (χ4n) is 0.976. The molecule has 1 N–H and O–H groups in total. The summed E-state index contributed by atoms with van der Waals surface area (Å²) >= 11 is 1.40. The van der Waals surface area contributed by atoms with Gasteiger partial charge in [-0.3, -0.25) is 0 Å². The number of hydrogen-bond acceptors (Lipinski definition) is 3. The SMILES string of the molecule is N#CCCSc1ccccc1C(=O)O. The van der Waals surface area contributed by atoms with Crippen LogP contribution in [0.3, 0.4) is 0 Å². The number of carboxylic acid groups (broad SMARTS) is 1. The van der Waals surface area contributed by atoms with E-state index in [0.717, 1.165) is 4.90 Å².